The molecule has 0 radical (unpaired) electrons. The number of nitrogens with zero attached hydrogens (tertiary/aromatic N) is 3. The predicted molar refractivity (Wildman–Crippen MR) is 75.6 cm³/mol. The van der Waals surface area contributed by atoms with Gasteiger partial charge in [0.2, 0.25) is 5.88 Å². The smallest absolute Gasteiger partial charge is 0.238 e. The van der Waals surface area contributed by atoms with Gasteiger partial charge in [0, 0.05) is 12.1 Å². The summed E-state index contributed by atoms with van der Waals surface area (Å²) < 4.78 is 5.51. The number of benzene rings is 1. The van der Waals surface area contributed by atoms with E-state index in [1.54, 1.807) is 36.4 Å². The zero-order valence-electron chi connectivity index (χ0n) is 9.75. The number of ether oxygens (including phenoxy) is 1. The van der Waals surface area contributed by atoms with E-state index in [1.165, 1.54) is 0 Å². The number of aromatic nitrogens is 2. The lowest BCUT2D eigenvalue weighted by Gasteiger charge is -2.04. The maximum Gasteiger partial charge on any atom is 0.238 e. The van der Waals surface area contributed by atoms with Gasteiger partial charge in [-0.05, 0) is 18.2 Å². The molecule has 7 heteroatoms. The van der Waals surface area contributed by atoms with Crippen LogP contribution in [0.5, 0.6) is 11.6 Å². The molecule has 1 aromatic carbocycles. The normalized spacial score (nSPS) is 11.4. The number of nitrogens with two attached hydrogens (primary N) is 1. The van der Waals surface area contributed by atoms with Crippen LogP contribution in [0.4, 0.5) is 5.69 Å². The Hall–Kier alpha value is -1.85. The summed E-state index contributed by atoms with van der Waals surface area (Å²) in [6, 6.07) is 10.3. The van der Waals surface area contributed by atoms with Crippen LogP contribution < -0.4 is 10.5 Å². The minimum absolute atomic E-state index is 0.174. The van der Waals surface area contributed by atoms with Gasteiger partial charge in [0.25, 0.3) is 0 Å². The molecule has 0 saturated carbocycles. The van der Waals surface area contributed by atoms with Crippen LogP contribution in [-0.4, -0.2) is 21.9 Å². The molecule has 19 heavy (non-hydrogen) atoms. The highest BCUT2D eigenvalue weighted by molar-refractivity contribution is 6.29. The topological polar surface area (TPSA) is 73.4 Å². The molecule has 2 N–H and O–H groups in total. The Kier molecular flexibility index (Phi) is 4.54. The molecule has 0 spiro atoms. The van der Waals surface area contributed by atoms with Crippen molar-refractivity contribution < 1.29 is 4.74 Å². The van der Waals surface area contributed by atoms with E-state index >= 15 is 0 Å². The van der Waals surface area contributed by atoms with E-state index in [2.05, 4.69) is 15.2 Å². The second kappa shape index (κ2) is 6.36. The van der Waals surface area contributed by atoms with Crippen molar-refractivity contribution in [1.82, 2.24) is 10.2 Å². The summed E-state index contributed by atoms with van der Waals surface area (Å²) in [6.07, 6.45) is 0. The maximum absolute atomic E-state index is 5.64. The van der Waals surface area contributed by atoms with E-state index in [1.807, 2.05) is 0 Å². The Labute approximate surface area is 120 Å². The first-order chi connectivity index (χ1) is 9.17. The quantitative estimate of drug-likeness (QED) is 0.534. The SMILES string of the molecule is NC(CCl)=Nc1cccc(Oc2ccc(Cl)nn2)c1. The average molecular weight is 297 g/mol. The van der Waals surface area contributed by atoms with Crippen molar-refractivity contribution in [1.29, 1.82) is 0 Å². The van der Waals surface area contributed by atoms with Gasteiger partial charge in [0.15, 0.2) is 5.15 Å². The van der Waals surface area contributed by atoms with Crippen molar-refractivity contribution in [3.05, 3.63) is 41.6 Å². The van der Waals surface area contributed by atoms with Gasteiger partial charge in [-0.3, -0.25) is 0 Å². The van der Waals surface area contributed by atoms with Crippen LogP contribution in [0.2, 0.25) is 5.15 Å². The molecule has 1 aromatic heterocycles. The highest BCUT2D eigenvalue weighted by Gasteiger charge is 2.01. The molecule has 0 bridgehead atoms. The highest BCUT2D eigenvalue weighted by atomic mass is 35.5. The van der Waals surface area contributed by atoms with Gasteiger partial charge in [-0.2, -0.15) is 0 Å². The van der Waals surface area contributed by atoms with Crippen molar-refractivity contribution in [2.24, 2.45) is 10.7 Å². The zero-order valence-corrected chi connectivity index (χ0v) is 11.3. The van der Waals surface area contributed by atoms with Crippen molar-refractivity contribution in [2.75, 3.05) is 5.88 Å². The molecular weight excluding hydrogens is 287 g/mol. The summed E-state index contributed by atoms with van der Waals surface area (Å²) in [4.78, 5) is 4.12. The molecule has 0 aliphatic rings. The summed E-state index contributed by atoms with van der Waals surface area (Å²) in [5.74, 6) is 1.43. The van der Waals surface area contributed by atoms with E-state index < -0.39 is 0 Å². The van der Waals surface area contributed by atoms with Crippen LogP contribution in [0, 0.1) is 0 Å². The molecule has 0 fully saturated rings. The third-order valence-corrected chi connectivity index (χ3v) is 2.53. The Morgan fingerprint density at radius 3 is 2.79 bits per heavy atom. The number of rotatable bonds is 4. The lowest BCUT2D eigenvalue weighted by atomic mass is 10.3. The highest BCUT2D eigenvalue weighted by Crippen LogP contribution is 2.24. The van der Waals surface area contributed by atoms with Crippen LogP contribution >= 0.6 is 23.2 Å². The van der Waals surface area contributed by atoms with Gasteiger partial charge in [0.1, 0.15) is 11.6 Å². The molecule has 1 heterocycles. The summed E-state index contributed by atoms with van der Waals surface area (Å²) >= 11 is 11.2. The minimum Gasteiger partial charge on any atom is -0.437 e. The molecule has 2 aromatic rings. The number of aliphatic imine (C=N–C) groups is 1. The van der Waals surface area contributed by atoms with Gasteiger partial charge in [-0.1, -0.05) is 17.7 Å². The van der Waals surface area contributed by atoms with Crippen LogP contribution in [0.1, 0.15) is 0 Å². The molecule has 98 valence electrons. The second-order valence-corrected chi connectivity index (χ2v) is 4.18. The molecular formula is C12H10Cl2N4O. The number of alkyl halides is 1. The lowest BCUT2D eigenvalue weighted by Crippen LogP contribution is -2.12. The molecule has 2 rings (SSSR count). The number of hydrogen-bond acceptors (Lipinski definition) is 4. The van der Waals surface area contributed by atoms with Crippen molar-refractivity contribution in [3.63, 3.8) is 0 Å². The zero-order chi connectivity index (χ0) is 13.7. The Bertz CT molecular complexity index is 587. The van der Waals surface area contributed by atoms with Crippen LogP contribution in [-0.2, 0) is 0 Å². The maximum atomic E-state index is 5.64. The van der Waals surface area contributed by atoms with E-state index in [0.29, 0.717) is 28.3 Å². The number of halogens is 2. The third-order valence-electron chi connectivity index (χ3n) is 2.06. The fourth-order valence-corrected chi connectivity index (χ4v) is 1.45. The third kappa shape index (κ3) is 4.08. The fourth-order valence-electron chi connectivity index (χ4n) is 1.29. The lowest BCUT2D eigenvalue weighted by molar-refractivity contribution is 0.455. The summed E-state index contributed by atoms with van der Waals surface area (Å²) in [5, 5.41) is 7.79. The van der Waals surface area contributed by atoms with Crippen molar-refractivity contribution in [3.8, 4) is 11.6 Å². The van der Waals surface area contributed by atoms with Crippen molar-refractivity contribution >= 4 is 34.7 Å². The van der Waals surface area contributed by atoms with Gasteiger partial charge in [-0.25, -0.2) is 4.99 Å². The minimum atomic E-state index is 0.174. The Morgan fingerprint density at radius 2 is 2.11 bits per heavy atom. The average Bonchev–Trinajstić information content (AvgIpc) is 2.42. The number of hydrogen-bond donors (Lipinski definition) is 1. The molecule has 0 amide bonds. The standard InChI is InChI=1S/C12H10Cl2N4O/c13-7-11(15)16-8-2-1-3-9(6-8)19-12-5-4-10(14)17-18-12/h1-6H,7H2,(H2,15,16). The first-order valence-corrected chi connectivity index (χ1v) is 6.25. The molecule has 0 aliphatic carbocycles. The Morgan fingerprint density at radius 1 is 1.26 bits per heavy atom. The first-order valence-electron chi connectivity index (χ1n) is 5.33. The van der Waals surface area contributed by atoms with Gasteiger partial charge in [-0.15, -0.1) is 21.8 Å². The second-order valence-electron chi connectivity index (χ2n) is 3.53. The van der Waals surface area contributed by atoms with Crippen molar-refractivity contribution in [2.45, 2.75) is 0 Å². The molecule has 5 nitrogen and oxygen atoms in total. The van der Waals surface area contributed by atoms with Gasteiger partial charge in [0.05, 0.1) is 11.6 Å². The Balaban J connectivity index is 2.17. The first kappa shape index (κ1) is 13.6. The number of amidine groups is 1. The molecule has 0 saturated heterocycles. The largest absolute Gasteiger partial charge is 0.437 e. The summed E-state index contributed by atoms with van der Waals surface area (Å²) in [6.45, 7) is 0. The summed E-state index contributed by atoms with van der Waals surface area (Å²) in [7, 11) is 0. The van der Waals surface area contributed by atoms with E-state index in [9.17, 15) is 0 Å². The molecule has 0 aliphatic heterocycles. The van der Waals surface area contributed by atoms with Gasteiger partial charge >= 0.3 is 0 Å². The summed E-state index contributed by atoms with van der Waals surface area (Å²) in [5.41, 5.74) is 6.22. The van der Waals surface area contributed by atoms with Crippen LogP contribution in [0.15, 0.2) is 41.4 Å². The van der Waals surface area contributed by atoms with Crippen LogP contribution in [0.3, 0.4) is 0 Å². The van der Waals surface area contributed by atoms with E-state index in [0.717, 1.165) is 0 Å². The molecule has 0 unspecified atom stereocenters. The fraction of sp³-hybridized carbons (Fsp3) is 0.0833. The predicted octanol–water partition coefficient (Wildman–Crippen LogP) is 3.15. The van der Waals surface area contributed by atoms with E-state index in [4.69, 9.17) is 33.7 Å². The van der Waals surface area contributed by atoms with Gasteiger partial charge < -0.3 is 10.5 Å². The van der Waals surface area contributed by atoms with Crippen LogP contribution in [0.25, 0.3) is 0 Å². The van der Waals surface area contributed by atoms with E-state index in [-0.39, 0.29) is 5.88 Å². The molecule has 0 atom stereocenters. The monoisotopic (exact) mass is 296 g/mol.